The number of amides is 2. The van der Waals surface area contributed by atoms with E-state index in [4.69, 9.17) is 4.74 Å². The number of hydrogen-bond donors (Lipinski definition) is 4. The number of carbonyl (C=O) groups excluding carboxylic acids is 2. The third-order valence-corrected chi connectivity index (χ3v) is 6.00. The second kappa shape index (κ2) is 10.0. The largest absolute Gasteiger partial charge is 0.480 e. The lowest BCUT2D eigenvalue weighted by molar-refractivity contribution is -0.142. The summed E-state index contributed by atoms with van der Waals surface area (Å²) in [6.07, 6.45) is 2.25. The van der Waals surface area contributed by atoms with Gasteiger partial charge in [-0.3, -0.25) is 4.79 Å². The number of hydrogen-bond acceptors (Lipinski definition) is 5. The maximum absolute atomic E-state index is 12.6. The number of fused-ring (bicyclic) bond motifs is 3. The molecule has 1 unspecified atom stereocenters. The van der Waals surface area contributed by atoms with E-state index in [9.17, 15) is 19.5 Å². The lowest BCUT2D eigenvalue weighted by Crippen LogP contribution is -2.50. The summed E-state index contributed by atoms with van der Waals surface area (Å²) in [6, 6.07) is 15.0. The van der Waals surface area contributed by atoms with E-state index in [2.05, 4.69) is 32.7 Å². The zero-order valence-corrected chi connectivity index (χ0v) is 19.6. The highest BCUT2D eigenvalue weighted by Crippen LogP contribution is 2.44. The van der Waals surface area contributed by atoms with Gasteiger partial charge in [-0.05, 0) is 36.1 Å². The monoisotopic (exact) mass is 476 g/mol. The van der Waals surface area contributed by atoms with Crippen molar-refractivity contribution >= 4 is 18.0 Å². The Kier molecular flexibility index (Phi) is 6.86. The highest BCUT2D eigenvalue weighted by molar-refractivity contribution is 5.85. The first-order valence-corrected chi connectivity index (χ1v) is 11.4. The number of rotatable bonds is 9. The van der Waals surface area contributed by atoms with Gasteiger partial charge in [-0.15, -0.1) is 0 Å². The van der Waals surface area contributed by atoms with Gasteiger partial charge in [-0.25, -0.2) is 14.6 Å². The first-order valence-electron chi connectivity index (χ1n) is 11.4. The molecule has 1 heterocycles. The maximum Gasteiger partial charge on any atom is 0.407 e. The standard InChI is InChI=1S/C26H28N4O5/c1-26(2,12-23(31)29-22(24(32)33)11-16-13-27-15-28-16)30-25(34)35-14-21-19-9-5-3-7-17(19)18-8-4-6-10-20(18)21/h3-10,13,15,21-22H,11-12,14H2,1-2H3,(H,27,28)(H,29,31)(H,30,34)(H,32,33). The number of aromatic amines is 1. The number of ether oxygens (including phenoxy) is 1. The van der Waals surface area contributed by atoms with E-state index >= 15 is 0 Å². The highest BCUT2D eigenvalue weighted by Gasteiger charge is 2.31. The average molecular weight is 477 g/mol. The molecule has 0 aliphatic heterocycles. The fraction of sp³-hybridized carbons (Fsp3) is 0.308. The van der Waals surface area contributed by atoms with Crippen LogP contribution in [0, 0.1) is 0 Å². The van der Waals surface area contributed by atoms with Crippen molar-refractivity contribution in [3.05, 3.63) is 77.9 Å². The Hall–Kier alpha value is -4.14. The van der Waals surface area contributed by atoms with Gasteiger partial charge in [0.25, 0.3) is 0 Å². The molecule has 3 aromatic rings. The molecule has 0 saturated carbocycles. The molecule has 4 N–H and O–H groups in total. The number of carboxylic acids is 1. The van der Waals surface area contributed by atoms with E-state index in [0.29, 0.717) is 5.69 Å². The summed E-state index contributed by atoms with van der Waals surface area (Å²) in [5.41, 5.74) is 4.13. The lowest BCUT2D eigenvalue weighted by atomic mass is 9.98. The Morgan fingerprint density at radius 1 is 1.09 bits per heavy atom. The first kappa shape index (κ1) is 24.0. The van der Waals surface area contributed by atoms with Gasteiger partial charge in [0.2, 0.25) is 5.91 Å². The minimum Gasteiger partial charge on any atom is -0.480 e. The molecule has 4 rings (SSSR count). The van der Waals surface area contributed by atoms with Crippen LogP contribution in [0.15, 0.2) is 61.1 Å². The molecule has 0 saturated heterocycles. The molecule has 1 atom stereocenters. The Balaban J connectivity index is 1.32. The third kappa shape index (κ3) is 5.68. The zero-order valence-electron chi connectivity index (χ0n) is 19.6. The van der Waals surface area contributed by atoms with Crippen molar-refractivity contribution in [2.24, 2.45) is 0 Å². The fourth-order valence-electron chi connectivity index (χ4n) is 4.42. The molecule has 1 aliphatic rings. The molecular weight excluding hydrogens is 448 g/mol. The predicted molar refractivity (Wildman–Crippen MR) is 129 cm³/mol. The molecule has 1 aliphatic carbocycles. The number of nitrogens with one attached hydrogen (secondary N) is 3. The van der Waals surface area contributed by atoms with Crippen LogP contribution in [0.3, 0.4) is 0 Å². The predicted octanol–water partition coefficient (Wildman–Crippen LogP) is 3.23. The van der Waals surface area contributed by atoms with E-state index < -0.39 is 29.6 Å². The molecule has 182 valence electrons. The fourth-order valence-corrected chi connectivity index (χ4v) is 4.42. The van der Waals surface area contributed by atoms with Crippen LogP contribution in [0.25, 0.3) is 11.1 Å². The Bertz CT molecular complexity index is 1180. The molecular formula is C26H28N4O5. The van der Waals surface area contributed by atoms with E-state index in [1.54, 1.807) is 13.8 Å². The Morgan fingerprint density at radius 2 is 1.71 bits per heavy atom. The van der Waals surface area contributed by atoms with Crippen molar-refractivity contribution < 1.29 is 24.2 Å². The molecule has 9 nitrogen and oxygen atoms in total. The summed E-state index contributed by atoms with van der Waals surface area (Å²) in [4.78, 5) is 43.4. The molecule has 0 fully saturated rings. The molecule has 9 heteroatoms. The Labute approximate surface area is 202 Å². The lowest BCUT2D eigenvalue weighted by Gasteiger charge is -2.26. The third-order valence-electron chi connectivity index (χ3n) is 6.00. The average Bonchev–Trinajstić information content (AvgIpc) is 3.42. The summed E-state index contributed by atoms with van der Waals surface area (Å²) in [6.45, 7) is 3.52. The summed E-state index contributed by atoms with van der Waals surface area (Å²) >= 11 is 0. The van der Waals surface area contributed by atoms with Crippen molar-refractivity contribution in [3.8, 4) is 11.1 Å². The Morgan fingerprint density at radius 3 is 2.29 bits per heavy atom. The summed E-state index contributed by atoms with van der Waals surface area (Å²) in [5.74, 6) is -1.73. The van der Waals surface area contributed by atoms with Gasteiger partial charge in [0.05, 0.1) is 6.33 Å². The van der Waals surface area contributed by atoms with Crippen LogP contribution < -0.4 is 10.6 Å². The normalized spacial score (nSPS) is 13.4. The molecule has 2 aromatic carbocycles. The van der Waals surface area contributed by atoms with Crippen LogP contribution in [0.5, 0.6) is 0 Å². The van der Waals surface area contributed by atoms with Gasteiger partial charge in [-0.1, -0.05) is 48.5 Å². The second-order valence-corrected chi connectivity index (χ2v) is 9.25. The minimum atomic E-state index is -1.16. The van der Waals surface area contributed by atoms with Crippen LogP contribution >= 0.6 is 0 Å². The maximum atomic E-state index is 12.6. The SMILES string of the molecule is CC(C)(CC(=O)NC(Cc1cnc[nH]1)C(=O)O)NC(=O)OCC1c2ccccc2-c2ccccc21. The number of benzene rings is 2. The van der Waals surface area contributed by atoms with Crippen LogP contribution in [0.4, 0.5) is 4.79 Å². The smallest absolute Gasteiger partial charge is 0.407 e. The number of imidazole rings is 1. The van der Waals surface area contributed by atoms with Crippen LogP contribution in [0.2, 0.25) is 0 Å². The number of alkyl carbamates (subject to hydrolysis) is 1. The van der Waals surface area contributed by atoms with E-state index in [0.717, 1.165) is 22.3 Å². The topological polar surface area (TPSA) is 133 Å². The number of carbonyl (C=O) groups is 3. The van der Waals surface area contributed by atoms with Crippen molar-refractivity contribution in [1.82, 2.24) is 20.6 Å². The van der Waals surface area contributed by atoms with Gasteiger partial charge in [0.1, 0.15) is 12.6 Å². The number of carboxylic acid groups (broad SMARTS) is 1. The van der Waals surface area contributed by atoms with Crippen LogP contribution in [-0.2, 0) is 20.7 Å². The minimum absolute atomic E-state index is 0.0707. The molecule has 1 aromatic heterocycles. The van der Waals surface area contributed by atoms with Crippen molar-refractivity contribution in [1.29, 1.82) is 0 Å². The number of aliphatic carboxylic acids is 1. The summed E-state index contributed by atoms with van der Waals surface area (Å²) in [7, 11) is 0. The first-order chi connectivity index (χ1) is 16.7. The van der Waals surface area contributed by atoms with E-state index in [-0.39, 0.29) is 25.4 Å². The van der Waals surface area contributed by atoms with Crippen molar-refractivity contribution in [2.75, 3.05) is 6.61 Å². The van der Waals surface area contributed by atoms with E-state index in [1.807, 2.05) is 36.4 Å². The van der Waals surface area contributed by atoms with Gasteiger partial charge in [0, 0.05) is 36.2 Å². The number of H-pyrrole nitrogens is 1. The zero-order chi connectivity index (χ0) is 25.0. The highest BCUT2D eigenvalue weighted by atomic mass is 16.5. The summed E-state index contributed by atoms with van der Waals surface area (Å²) < 4.78 is 5.56. The molecule has 2 amide bonds. The number of nitrogens with zero attached hydrogens (tertiary/aromatic N) is 1. The van der Waals surface area contributed by atoms with Crippen molar-refractivity contribution in [2.45, 2.75) is 44.2 Å². The molecule has 35 heavy (non-hydrogen) atoms. The molecule has 0 spiro atoms. The van der Waals surface area contributed by atoms with Gasteiger partial charge in [-0.2, -0.15) is 0 Å². The van der Waals surface area contributed by atoms with Gasteiger partial charge in [0.15, 0.2) is 0 Å². The van der Waals surface area contributed by atoms with Gasteiger partial charge < -0.3 is 25.5 Å². The van der Waals surface area contributed by atoms with Crippen molar-refractivity contribution in [3.63, 3.8) is 0 Å². The molecule has 0 radical (unpaired) electrons. The van der Waals surface area contributed by atoms with E-state index in [1.165, 1.54) is 12.5 Å². The summed E-state index contributed by atoms with van der Waals surface area (Å²) in [5, 5.41) is 14.7. The van der Waals surface area contributed by atoms with Crippen LogP contribution in [-0.4, -0.2) is 51.2 Å². The molecule has 0 bridgehead atoms. The second-order valence-electron chi connectivity index (χ2n) is 9.25. The number of aromatic nitrogens is 2. The quantitative estimate of drug-likeness (QED) is 0.375. The van der Waals surface area contributed by atoms with Gasteiger partial charge >= 0.3 is 12.1 Å². The van der Waals surface area contributed by atoms with Crippen LogP contribution in [0.1, 0.15) is 43.0 Å².